The quantitative estimate of drug-likeness (QED) is 0.130. The largest absolute Gasteiger partial charge is 1.00 e. The molecule has 3 rings (SSSR count). The van der Waals surface area contributed by atoms with Gasteiger partial charge in [-0.25, -0.2) is 0 Å². The molecule has 0 aliphatic carbocycles. The van der Waals surface area contributed by atoms with E-state index in [0.717, 1.165) is 17.7 Å². The Bertz CT molecular complexity index is 1120. The van der Waals surface area contributed by atoms with E-state index in [1.807, 2.05) is 36.4 Å². The molecule has 0 aliphatic heterocycles. The van der Waals surface area contributed by atoms with Crippen LogP contribution in [0, 0.1) is 6.92 Å². The molecule has 0 saturated heterocycles. The first-order valence-corrected chi connectivity index (χ1v) is 15.6. The zero-order valence-corrected chi connectivity index (χ0v) is 26.7. The van der Waals surface area contributed by atoms with Gasteiger partial charge in [-0.15, -0.1) is 0 Å². The second-order valence-corrected chi connectivity index (χ2v) is 11.6. The number of halogens is 2. The molecule has 4 nitrogen and oxygen atoms in total. The lowest BCUT2D eigenvalue weighted by atomic mass is 10.1. The summed E-state index contributed by atoms with van der Waals surface area (Å²) in [5, 5.41) is 3.45. The van der Waals surface area contributed by atoms with Crippen LogP contribution in [0.4, 0.5) is 5.69 Å². The highest BCUT2D eigenvalue weighted by Crippen LogP contribution is 2.28. The summed E-state index contributed by atoms with van der Waals surface area (Å²) in [5.74, 6) is 0.570. The fourth-order valence-corrected chi connectivity index (χ4v) is 5.47. The van der Waals surface area contributed by atoms with Crippen molar-refractivity contribution in [1.29, 1.82) is 0 Å². The van der Waals surface area contributed by atoms with Crippen molar-refractivity contribution in [2.75, 3.05) is 11.9 Å². The van der Waals surface area contributed by atoms with Crippen LogP contribution in [0.5, 0.6) is 5.75 Å². The summed E-state index contributed by atoms with van der Waals surface area (Å²) in [5.41, 5.74) is 4.26. The van der Waals surface area contributed by atoms with Gasteiger partial charge in [0.2, 0.25) is 5.51 Å². The minimum absolute atomic E-state index is 0. The number of ether oxygens (including phenoxy) is 1. The van der Waals surface area contributed by atoms with Crippen LogP contribution >= 0.6 is 22.9 Å². The Kier molecular flexibility index (Phi) is 16.4. The number of unbranched alkanes of at least 4 members (excludes halogenated alkanes) is 11. The Morgan fingerprint density at radius 2 is 1.56 bits per heavy atom. The first-order valence-electron chi connectivity index (χ1n) is 14.3. The van der Waals surface area contributed by atoms with Crippen LogP contribution < -0.4 is 31.6 Å². The zero-order valence-electron chi connectivity index (χ0n) is 23.5. The molecule has 0 saturated carbocycles. The van der Waals surface area contributed by atoms with E-state index >= 15 is 0 Å². The SMILES string of the molecule is CCCCCCCCCCCCCCOc1ccc(NC(=O)c2ccccc2C[n+]2csc(C)c2)c(Cl)c1.[Br-]. The van der Waals surface area contributed by atoms with Gasteiger partial charge in [-0.05, 0) is 31.5 Å². The van der Waals surface area contributed by atoms with Crippen LogP contribution in [0.25, 0.3) is 0 Å². The van der Waals surface area contributed by atoms with Crippen molar-refractivity contribution in [2.24, 2.45) is 0 Å². The molecule has 7 heteroatoms. The Morgan fingerprint density at radius 1 is 0.923 bits per heavy atom. The molecule has 0 bridgehead atoms. The molecule has 0 radical (unpaired) electrons. The summed E-state index contributed by atoms with van der Waals surface area (Å²) in [4.78, 5) is 14.3. The second-order valence-electron chi connectivity index (χ2n) is 10.1. The number of aryl methyl sites for hydroxylation is 1. The summed E-state index contributed by atoms with van der Waals surface area (Å²) in [6.45, 7) is 5.68. The molecule has 0 spiro atoms. The summed E-state index contributed by atoms with van der Waals surface area (Å²) < 4.78 is 8.01. The number of anilines is 1. The summed E-state index contributed by atoms with van der Waals surface area (Å²) in [6.07, 6.45) is 18.0. The average molecular weight is 636 g/mol. The van der Waals surface area contributed by atoms with Crippen molar-refractivity contribution in [2.45, 2.75) is 97.4 Å². The van der Waals surface area contributed by atoms with Crippen LogP contribution in [0.2, 0.25) is 5.02 Å². The molecule has 1 N–H and O–H groups in total. The average Bonchev–Trinajstić information content (AvgIpc) is 3.32. The highest BCUT2D eigenvalue weighted by molar-refractivity contribution is 7.09. The van der Waals surface area contributed by atoms with Crippen LogP contribution in [0.1, 0.15) is 105 Å². The van der Waals surface area contributed by atoms with Gasteiger partial charge < -0.3 is 27.0 Å². The Balaban J connectivity index is 0.00000533. The van der Waals surface area contributed by atoms with E-state index in [1.54, 1.807) is 17.4 Å². The van der Waals surface area contributed by atoms with Crippen LogP contribution in [0.3, 0.4) is 0 Å². The number of thiazole rings is 1. The van der Waals surface area contributed by atoms with Crippen molar-refractivity contribution >= 4 is 34.5 Å². The maximum Gasteiger partial charge on any atom is 0.256 e. The molecular weight excluding hydrogens is 592 g/mol. The van der Waals surface area contributed by atoms with E-state index in [-0.39, 0.29) is 22.9 Å². The van der Waals surface area contributed by atoms with Gasteiger partial charge in [-0.1, -0.05) is 119 Å². The maximum absolute atomic E-state index is 13.1. The lowest BCUT2D eigenvalue weighted by Crippen LogP contribution is -3.00. The molecule has 1 heterocycles. The standard InChI is InChI=1S/C32H43ClN2O2S.BrH/c1-3-4-5-6-7-8-9-10-11-12-13-16-21-37-28-19-20-31(30(33)22-28)34-32(36)29-18-15-14-17-27(29)24-35-23-26(2)38-25-35;/h14-15,17-20,22-23,25H,3-13,16,21,24H2,1-2H3;1H. The zero-order chi connectivity index (χ0) is 27.0. The van der Waals surface area contributed by atoms with Gasteiger partial charge in [0, 0.05) is 17.2 Å². The maximum atomic E-state index is 13.1. The number of nitrogens with one attached hydrogen (secondary N) is 1. The van der Waals surface area contributed by atoms with Gasteiger partial charge in [0.1, 0.15) is 5.75 Å². The number of nitrogens with zero attached hydrogens (tertiary/aromatic N) is 1. The fourth-order valence-electron chi connectivity index (χ4n) is 4.61. The van der Waals surface area contributed by atoms with Gasteiger partial charge in [0.15, 0.2) is 12.7 Å². The second kappa shape index (κ2) is 19.2. The lowest BCUT2D eigenvalue weighted by molar-refractivity contribution is -0.683. The predicted octanol–water partition coefficient (Wildman–Crippen LogP) is 6.38. The third-order valence-corrected chi connectivity index (χ3v) is 7.96. The Morgan fingerprint density at radius 3 is 2.18 bits per heavy atom. The van der Waals surface area contributed by atoms with Gasteiger partial charge in [-0.3, -0.25) is 4.79 Å². The number of carbonyl (C=O) groups excluding carboxylic acids is 1. The minimum Gasteiger partial charge on any atom is -1.00 e. The van der Waals surface area contributed by atoms with E-state index in [0.29, 0.717) is 29.4 Å². The van der Waals surface area contributed by atoms with Gasteiger partial charge in [-0.2, -0.15) is 4.57 Å². The third-order valence-electron chi connectivity index (χ3n) is 6.79. The number of aromatic nitrogens is 1. The Hall–Kier alpha value is -1.89. The topological polar surface area (TPSA) is 42.2 Å². The van der Waals surface area contributed by atoms with Crippen molar-refractivity contribution in [3.05, 3.63) is 75.2 Å². The molecule has 0 fully saturated rings. The molecule has 1 aromatic heterocycles. The first kappa shape index (κ1) is 33.3. The predicted molar refractivity (Wildman–Crippen MR) is 161 cm³/mol. The highest BCUT2D eigenvalue weighted by Gasteiger charge is 2.16. The van der Waals surface area contributed by atoms with E-state index in [4.69, 9.17) is 16.3 Å². The summed E-state index contributed by atoms with van der Waals surface area (Å²) >= 11 is 8.19. The summed E-state index contributed by atoms with van der Waals surface area (Å²) in [6, 6.07) is 13.2. The van der Waals surface area contributed by atoms with E-state index < -0.39 is 0 Å². The molecule has 2 aromatic carbocycles. The number of rotatable bonds is 18. The van der Waals surface area contributed by atoms with Crippen LogP contribution in [-0.2, 0) is 6.54 Å². The number of hydrogen-bond acceptors (Lipinski definition) is 3. The molecule has 214 valence electrons. The number of carbonyl (C=O) groups is 1. The molecule has 3 aromatic rings. The third kappa shape index (κ3) is 12.4. The van der Waals surface area contributed by atoms with Crippen LogP contribution in [-0.4, -0.2) is 12.5 Å². The van der Waals surface area contributed by atoms with E-state index in [1.165, 1.54) is 75.5 Å². The highest BCUT2D eigenvalue weighted by atomic mass is 79.9. The summed E-state index contributed by atoms with van der Waals surface area (Å²) in [7, 11) is 0. The van der Waals surface area contributed by atoms with Crippen molar-refractivity contribution in [1.82, 2.24) is 0 Å². The van der Waals surface area contributed by atoms with Crippen LogP contribution in [0.15, 0.2) is 54.2 Å². The minimum atomic E-state index is -0.166. The smallest absolute Gasteiger partial charge is 0.256 e. The van der Waals surface area contributed by atoms with Gasteiger partial charge in [0.25, 0.3) is 5.91 Å². The first-order chi connectivity index (χ1) is 18.6. The molecular formula is C32H44BrClN2O2S. The van der Waals surface area contributed by atoms with Gasteiger partial charge in [0.05, 0.1) is 22.2 Å². The van der Waals surface area contributed by atoms with Crippen molar-refractivity contribution < 1.29 is 31.1 Å². The van der Waals surface area contributed by atoms with Crippen molar-refractivity contribution in [3.8, 4) is 5.75 Å². The molecule has 0 aliphatic rings. The monoisotopic (exact) mass is 634 g/mol. The molecule has 1 amide bonds. The molecule has 39 heavy (non-hydrogen) atoms. The van der Waals surface area contributed by atoms with Gasteiger partial charge >= 0.3 is 0 Å². The fraction of sp³-hybridized carbons (Fsp3) is 0.500. The molecule has 0 unspecified atom stereocenters. The molecule has 0 atom stereocenters. The normalized spacial score (nSPS) is 10.7. The number of hydrogen-bond donors (Lipinski definition) is 1. The number of amides is 1. The van der Waals surface area contributed by atoms with E-state index in [9.17, 15) is 4.79 Å². The lowest BCUT2D eigenvalue weighted by Gasteiger charge is -2.12. The number of benzene rings is 2. The van der Waals surface area contributed by atoms with Crippen molar-refractivity contribution in [3.63, 3.8) is 0 Å². The van der Waals surface area contributed by atoms with E-state index in [2.05, 4.69) is 35.4 Å². The Labute approximate surface area is 254 Å².